The van der Waals surface area contributed by atoms with Crippen LogP contribution in [-0.4, -0.2) is 45.6 Å². The van der Waals surface area contributed by atoms with Gasteiger partial charge in [-0.3, -0.25) is 4.79 Å². The maximum Gasteiger partial charge on any atom is 0.340 e. The SMILES string of the molecule is O=C1OCc2c(cc3n(c2=O)Cc2c-3nc3cc(F)c(F)c4c3c2C(COCCO)CC4)C1O. The maximum atomic E-state index is 14.7. The molecule has 3 aliphatic rings. The quantitative estimate of drug-likeness (QED) is 0.346. The van der Waals surface area contributed by atoms with Crippen LogP contribution < -0.4 is 5.56 Å². The van der Waals surface area contributed by atoms with Crippen LogP contribution in [0, 0.1) is 11.6 Å². The van der Waals surface area contributed by atoms with Crippen LogP contribution in [0.3, 0.4) is 0 Å². The zero-order valence-corrected chi connectivity index (χ0v) is 17.9. The minimum Gasteiger partial charge on any atom is -0.458 e. The van der Waals surface area contributed by atoms with Gasteiger partial charge in [-0.25, -0.2) is 18.6 Å². The lowest BCUT2D eigenvalue weighted by molar-refractivity contribution is -0.157. The van der Waals surface area contributed by atoms with Crippen molar-refractivity contribution in [1.82, 2.24) is 9.55 Å². The van der Waals surface area contributed by atoms with Crippen LogP contribution in [-0.2, 0) is 33.8 Å². The molecule has 0 amide bonds. The van der Waals surface area contributed by atoms with E-state index in [0.717, 1.165) is 11.6 Å². The van der Waals surface area contributed by atoms with E-state index in [0.29, 0.717) is 35.2 Å². The molecule has 0 fully saturated rings. The van der Waals surface area contributed by atoms with Crippen molar-refractivity contribution in [3.8, 4) is 11.4 Å². The summed E-state index contributed by atoms with van der Waals surface area (Å²) in [6.45, 7) is 0.209. The Hall–Kier alpha value is -3.21. The Kier molecular flexibility index (Phi) is 4.80. The zero-order chi connectivity index (χ0) is 23.7. The van der Waals surface area contributed by atoms with Crippen molar-refractivity contribution in [3.05, 3.63) is 61.9 Å². The van der Waals surface area contributed by atoms with Gasteiger partial charge >= 0.3 is 5.97 Å². The molecule has 2 unspecified atom stereocenters. The van der Waals surface area contributed by atoms with Crippen molar-refractivity contribution >= 4 is 16.9 Å². The molecule has 8 nitrogen and oxygen atoms in total. The molecular weight excluding hydrogens is 450 g/mol. The Labute approximate surface area is 191 Å². The molecule has 34 heavy (non-hydrogen) atoms. The number of fused-ring (bicyclic) bond motifs is 5. The molecule has 1 aliphatic carbocycles. The first kappa shape index (κ1) is 21.3. The molecule has 0 saturated carbocycles. The third-order valence-electron chi connectivity index (χ3n) is 6.98. The molecule has 6 rings (SSSR count). The zero-order valence-electron chi connectivity index (χ0n) is 17.9. The van der Waals surface area contributed by atoms with E-state index in [2.05, 4.69) is 4.98 Å². The summed E-state index contributed by atoms with van der Waals surface area (Å²) < 4.78 is 41.2. The molecular formula is C24H20F2N2O6. The van der Waals surface area contributed by atoms with Gasteiger partial charge in [0.15, 0.2) is 17.7 Å². The largest absolute Gasteiger partial charge is 0.458 e. The highest BCUT2D eigenvalue weighted by molar-refractivity contribution is 5.92. The minimum atomic E-state index is -1.58. The van der Waals surface area contributed by atoms with Crippen molar-refractivity contribution < 1.29 is 33.3 Å². The number of hydrogen-bond acceptors (Lipinski definition) is 7. The van der Waals surface area contributed by atoms with Crippen molar-refractivity contribution in [1.29, 1.82) is 0 Å². The number of rotatable bonds is 4. The normalized spacial score (nSPS) is 20.2. The van der Waals surface area contributed by atoms with E-state index >= 15 is 0 Å². The summed E-state index contributed by atoms with van der Waals surface area (Å²) in [7, 11) is 0. The monoisotopic (exact) mass is 470 g/mol. The Morgan fingerprint density at radius 2 is 2.03 bits per heavy atom. The Balaban J connectivity index is 1.62. The van der Waals surface area contributed by atoms with Gasteiger partial charge in [-0.2, -0.15) is 0 Å². The van der Waals surface area contributed by atoms with E-state index in [-0.39, 0.29) is 61.1 Å². The van der Waals surface area contributed by atoms with Crippen LogP contribution in [0.2, 0.25) is 0 Å². The summed E-state index contributed by atoms with van der Waals surface area (Å²) in [6, 6.07) is 2.61. The molecule has 3 aromatic rings. The summed E-state index contributed by atoms with van der Waals surface area (Å²) in [6.07, 6.45) is -0.760. The van der Waals surface area contributed by atoms with Gasteiger partial charge in [-0.1, -0.05) is 0 Å². The lowest BCUT2D eigenvalue weighted by atomic mass is 9.79. The molecule has 0 spiro atoms. The van der Waals surface area contributed by atoms with Gasteiger partial charge in [0, 0.05) is 34.1 Å². The van der Waals surface area contributed by atoms with Gasteiger partial charge in [0.1, 0.15) is 6.61 Å². The molecule has 0 bridgehead atoms. The van der Waals surface area contributed by atoms with Crippen LogP contribution in [0.1, 0.15) is 46.3 Å². The van der Waals surface area contributed by atoms with Crippen LogP contribution in [0.4, 0.5) is 8.78 Å². The lowest BCUT2D eigenvalue weighted by Crippen LogP contribution is -2.32. The molecule has 4 heterocycles. The molecule has 1 aromatic carbocycles. The maximum absolute atomic E-state index is 14.7. The van der Waals surface area contributed by atoms with Crippen molar-refractivity contribution in [2.45, 2.75) is 38.0 Å². The first-order valence-electron chi connectivity index (χ1n) is 11.0. The first-order chi connectivity index (χ1) is 16.4. The molecule has 10 heteroatoms. The molecule has 2 aliphatic heterocycles. The number of benzene rings is 1. The topological polar surface area (TPSA) is 111 Å². The highest BCUT2D eigenvalue weighted by Crippen LogP contribution is 2.45. The van der Waals surface area contributed by atoms with E-state index in [1.54, 1.807) is 6.07 Å². The number of aliphatic hydroxyl groups excluding tert-OH is 2. The minimum absolute atomic E-state index is 0.136. The Morgan fingerprint density at radius 1 is 1.21 bits per heavy atom. The Morgan fingerprint density at radius 3 is 2.82 bits per heavy atom. The highest BCUT2D eigenvalue weighted by Gasteiger charge is 2.37. The fourth-order valence-electron chi connectivity index (χ4n) is 5.45. The molecule has 2 N–H and O–H groups in total. The number of cyclic esters (lactones) is 1. The number of pyridine rings is 2. The van der Waals surface area contributed by atoms with E-state index in [1.807, 2.05) is 0 Å². The first-order valence-corrected chi connectivity index (χ1v) is 11.0. The van der Waals surface area contributed by atoms with Crippen LogP contribution in [0.15, 0.2) is 16.9 Å². The fraction of sp³-hybridized carbons (Fsp3) is 0.375. The standard InChI is InChI=1S/C24H20F2N2O6/c25-15-6-16-19-11(20(15)26)2-1-10(8-33-4-3-29)18(19)13-7-28-17(21(13)27-16)5-12-14(23(28)31)9-34-24(32)22(12)30/h5-6,10,22,29-30H,1-4,7-9H2. The van der Waals surface area contributed by atoms with Gasteiger partial charge in [0.2, 0.25) is 0 Å². The number of hydrogen-bond donors (Lipinski definition) is 2. The predicted octanol–water partition coefficient (Wildman–Crippen LogP) is 1.83. The summed E-state index contributed by atoms with van der Waals surface area (Å²) in [5, 5.41) is 19.9. The van der Waals surface area contributed by atoms with Gasteiger partial charge in [0.25, 0.3) is 5.56 Å². The van der Waals surface area contributed by atoms with Crippen molar-refractivity contribution in [3.63, 3.8) is 0 Å². The molecule has 0 saturated heterocycles. The number of carbonyl (C=O) groups excluding carboxylic acids is 1. The van der Waals surface area contributed by atoms with E-state index in [9.17, 15) is 23.5 Å². The second-order valence-electron chi connectivity index (χ2n) is 8.80. The van der Waals surface area contributed by atoms with Crippen LogP contribution in [0.5, 0.6) is 0 Å². The lowest BCUT2D eigenvalue weighted by Gasteiger charge is -2.28. The van der Waals surface area contributed by atoms with Crippen molar-refractivity contribution in [2.24, 2.45) is 0 Å². The van der Waals surface area contributed by atoms with Gasteiger partial charge < -0.3 is 24.3 Å². The average molecular weight is 470 g/mol. The number of aromatic nitrogens is 2. The Bertz CT molecular complexity index is 1450. The van der Waals surface area contributed by atoms with E-state index in [4.69, 9.17) is 14.6 Å². The smallest absolute Gasteiger partial charge is 0.340 e. The third-order valence-corrected chi connectivity index (χ3v) is 6.98. The van der Waals surface area contributed by atoms with E-state index in [1.165, 1.54) is 4.57 Å². The highest BCUT2D eigenvalue weighted by atomic mass is 19.2. The number of esters is 1. The number of aryl methyl sites for hydroxylation is 1. The number of aliphatic hydroxyl groups is 2. The predicted molar refractivity (Wildman–Crippen MR) is 114 cm³/mol. The molecule has 0 radical (unpaired) electrons. The summed E-state index contributed by atoms with van der Waals surface area (Å²) >= 11 is 0. The number of ether oxygens (including phenoxy) is 2. The molecule has 176 valence electrons. The summed E-state index contributed by atoms with van der Waals surface area (Å²) in [5.41, 5.74) is 2.79. The number of nitrogens with zero attached hydrogens (tertiary/aromatic N) is 2. The fourth-order valence-corrected chi connectivity index (χ4v) is 5.45. The number of halogens is 2. The van der Waals surface area contributed by atoms with Gasteiger partial charge in [0.05, 0.1) is 48.8 Å². The van der Waals surface area contributed by atoms with Gasteiger partial charge in [-0.15, -0.1) is 0 Å². The van der Waals surface area contributed by atoms with Crippen LogP contribution in [0.25, 0.3) is 22.3 Å². The second kappa shape index (κ2) is 7.66. The van der Waals surface area contributed by atoms with Crippen LogP contribution >= 0.6 is 0 Å². The molecule has 2 aromatic heterocycles. The average Bonchev–Trinajstić information content (AvgIpc) is 3.19. The molecule has 2 atom stereocenters. The number of carbonyl (C=O) groups is 1. The van der Waals surface area contributed by atoms with Crippen molar-refractivity contribution in [2.75, 3.05) is 19.8 Å². The summed E-state index contributed by atoms with van der Waals surface area (Å²) in [5.74, 6) is -2.89. The van der Waals surface area contributed by atoms with Gasteiger partial charge in [-0.05, 0) is 24.5 Å². The third kappa shape index (κ3) is 2.88. The summed E-state index contributed by atoms with van der Waals surface area (Å²) in [4.78, 5) is 29.7. The van der Waals surface area contributed by atoms with E-state index < -0.39 is 29.3 Å². The second-order valence-corrected chi connectivity index (χ2v) is 8.80.